The number of sulfonamides is 1. The number of anilines is 4. The number of nitrogens with one attached hydrogen (secondary N) is 1. The highest BCUT2D eigenvalue weighted by Crippen LogP contribution is 2.30. The van der Waals surface area contributed by atoms with Crippen LogP contribution in [0.15, 0.2) is 35.5 Å². The summed E-state index contributed by atoms with van der Waals surface area (Å²) in [4.78, 5) is 11.0. The summed E-state index contributed by atoms with van der Waals surface area (Å²) in [5, 5.41) is 3.16. The summed E-state index contributed by atoms with van der Waals surface area (Å²) in [5.74, 6) is 1.26. The molecule has 0 unspecified atom stereocenters. The maximum Gasteiger partial charge on any atom is 0.243 e. The Hall–Kier alpha value is -2.39. The molecule has 1 aliphatic rings. The van der Waals surface area contributed by atoms with Crippen molar-refractivity contribution in [1.82, 2.24) is 14.3 Å². The Morgan fingerprint density at radius 3 is 2.33 bits per heavy atom. The van der Waals surface area contributed by atoms with Gasteiger partial charge in [-0.2, -0.15) is 4.31 Å². The summed E-state index contributed by atoms with van der Waals surface area (Å²) in [7, 11) is -3.47. The average molecular weight is 391 g/mol. The van der Waals surface area contributed by atoms with Crippen LogP contribution in [0.4, 0.5) is 23.0 Å². The smallest absolute Gasteiger partial charge is 0.243 e. The molecule has 2 heterocycles. The molecule has 3 N–H and O–H groups in total. The summed E-state index contributed by atoms with van der Waals surface area (Å²) >= 11 is 0. The van der Waals surface area contributed by atoms with Gasteiger partial charge >= 0.3 is 0 Å². The van der Waals surface area contributed by atoms with Gasteiger partial charge in [-0.15, -0.1) is 0 Å². The van der Waals surface area contributed by atoms with Crippen molar-refractivity contribution in [2.24, 2.45) is 0 Å². The first-order valence-electron chi connectivity index (χ1n) is 9.20. The molecule has 9 heteroatoms. The first-order valence-corrected chi connectivity index (χ1v) is 10.6. The predicted molar refractivity (Wildman–Crippen MR) is 108 cm³/mol. The fourth-order valence-electron chi connectivity index (χ4n) is 3.23. The molecule has 1 aliphatic heterocycles. The third kappa shape index (κ3) is 3.98. The highest BCUT2D eigenvalue weighted by atomic mass is 32.2. The number of aromatic nitrogens is 2. The standard InChI is InChI=1S/C18H26N6O2S/c1-3-24(4-2)27(25,26)15-9-7-14(8-10-15)22-17-16(19)18(21-13-20-17)23-11-5-6-12-23/h7-10,13H,3-6,11-12,19H2,1-2H3,(H,20,21,22). The van der Waals surface area contributed by atoms with Crippen LogP contribution in [0.3, 0.4) is 0 Å². The summed E-state index contributed by atoms with van der Waals surface area (Å²) < 4.78 is 26.6. The van der Waals surface area contributed by atoms with E-state index in [0.717, 1.165) is 31.7 Å². The molecule has 0 bridgehead atoms. The predicted octanol–water partition coefficient (Wildman–Crippen LogP) is 2.43. The maximum absolute atomic E-state index is 12.6. The minimum atomic E-state index is -3.47. The molecule has 0 atom stereocenters. The Bertz CT molecular complexity index is 875. The average Bonchev–Trinajstić information content (AvgIpc) is 3.19. The summed E-state index contributed by atoms with van der Waals surface area (Å²) in [5.41, 5.74) is 7.47. The normalized spacial score (nSPS) is 14.7. The highest BCUT2D eigenvalue weighted by molar-refractivity contribution is 7.89. The van der Waals surface area contributed by atoms with E-state index in [4.69, 9.17) is 5.73 Å². The zero-order valence-electron chi connectivity index (χ0n) is 15.7. The molecule has 1 aromatic carbocycles. The number of nitrogens with two attached hydrogens (primary N) is 1. The van der Waals surface area contributed by atoms with Gasteiger partial charge in [0.05, 0.1) is 4.90 Å². The van der Waals surface area contributed by atoms with Gasteiger partial charge < -0.3 is 16.0 Å². The largest absolute Gasteiger partial charge is 0.393 e. The van der Waals surface area contributed by atoms with Gasteiger partial charge in [0.2, 0.25) is 10.0 Å². The van der Waals surface area contributed by atoms with E-state index >= 15 is 0 Å². The van der Waals surface area contributed by atoms with E-state index in [0.29, 0.717) is 30.3 Å². The van der Waals surface area contributed by atoms with Gasteiger partial charge in [-0.3, -0.25) is 0 Å². The molecular formula is C18H26N6O2S. The lowest BCUT2D eigenvalue weighted by atomic mass is 10.3. The van der Waals surface area contributed by atoms with Gasteiger partial charge in [0.1, 0.15) is 12.0 Å². The van der Waals surface area contributed by atoms with Crippen molar-refractivity contribution < 1.29 is 8.42 Å². The third-order valence-corrected chi connectivity index (χ3v) is 6.79. The quantitative estimate of drug-likeness (QED) is 0.748. The summed E-state index contributed by atoms with van der Waals surface area (Å²) in [6.07, 6.45) is 3.76. The van der Waals surface area contributed by atoms with E-state index < -0.39 is 10.0 Å². The molecule has 1 saturated heterocycles. The van der Waals surface area contributed by atoms with Crippen LogP contribution in [0.2, 0.25) is 0 Å². The molecule has 146 valence electrons. The Balaban J connectivity index is 1.80. The Kier molecular flexibility index (Phi) is 5.81. The molecule has 2 aromatic rings. The Labute approximate surface area is 160 Å². The number of rotatable bonds is 7. The van der Waals surface area contributed by atoms with E-state index in [-0.39, 0.29) is 4.90 Å². The Morgan fingerprint density at radius 1 is 1.11 bits per heavy atom. The van der Waals surface area contributed by atoms with Gasteiger partial charge in [0, 0.05) is 31.9 Å². The van der Waals surface area contributed by atoms with E-state index in [9.17, 15) is 8.42 Å². The molecule has 1 aromatic heterocycles. The molecule has 0 aliphatic carbocycles. The van der Waals surface area contributed by atoms with E-state index in [2.05, 4.69) is 20.2 Å². The van der Waals surface area contributed by atoms with Crippen molar-refractivity contribution in [3.05, 3.63) is 30.6 Å². The molecule has 0 radical (unpaired) electrons. The van der Waals surface area contributed by atoms with Gasteiger partial charge in [-0.25, -0.2) is 18.4 Å². The number of nitrogens with zero attached hydrogens (tertiary/aromatic N) is 4. The molecule has 0 amide bonds. The monoisotopic (exact) mass is 390 g/mol. The molecular weight excluding hydrogens is 364 g/mol. The van der Waals surface area contributed by atoms with Crippen LogP contribution in [-0.2, 0) is 10.0 Å². The van der Waals surface area contributed by atoms with Crippen molar-refractivity contribution in [1.29, 1.82) is 0 Å². The fraction of sp³-hybridized carbons (Fsp3) is 0.444. The van der Waals surface area contributed by atoms with E-state index in [1.807, 2.05) is 13.8 Å². The van der Waals surface area contributed by atoms with E-state index in [1.165, 1.54) is 10.6 Å². The van der Waals surface area contributed by atoms with Crippen molar-refractivity contribution >= 4 is 33.0 Å². The zero-order chi connectivity index (χ0) is 19.4. The van der Waals surface area contributed by atoms with Crippen molar-refractivity contribution in [2.75, 3.05) is 42.1 Å². The minimum Gasteiger partial charge on any atom is -0.393 e. The highest BCUT2D eigenvalue weighted by Gasteiger charge is 2.22. The van der Waals surface area contributed by atoms with Crippen molar-refractivity contribution in [3.63, 3.8) is 0 Å². The van der Waals surface area contributed by atoms with Crippen molar-refractivity contribution in [3.8, 4) is 0 Å². The molecule has 0 saturated carbocycles. The molecule has 1 fully saturated rings. The molecule has 0 spiro atoms. The Morgan fingerprint density at radius 2 is 1.74 bits per heavy atom. The second-order valence-electron chi connectivity index (χ2n) is 6.39. The van der Waals surface area contributed by atoms with Gasteiger partial charge in [-0.05, 0) is 37.1 Å². The van der Waals surface area contributed by atoms with Gasteiger partial charge in [-0.1, -0.05) is 13.8 Å². The lowest BCUT2D eigenvalue weighted by Crippen LogP contribution is -2.30. The first-order chi connectivity index (χ1) is 13.0. The number of hydrogen-bond acceptors (Lipinski definition) is 7. The fourth-order valence-corrected chi connectivity index (χ4v) is 4.68. The summed E-state index contributed by atoms with van der Waals surface area (Å²) in [6, 6.07) is 6.62. The van der Waals surface area contributed by atoms with Crippen LogP contribution in [0.5, 0.6) is 0 Å². The molecule has 27 heavy (non-hydrogen) atoms. The van der Waals surface area contributed by atoms with Crippen LogP contribution in [0.25, 0.3) is 0 Å². The third-order valence-electron chi connectivity index (χ3n) is 4.73. The minimum absolute atomic E-state index is 0.269. The molecule has 8 nitrogen and oxygen atoms in total. The molecule has 3 rings (SSSR count). The zero-order valence-corrected chi connectivity index (χ0v) is 16.5. The van der Waals surface area contributed by atoms with Gasteiger partial charge in [0.15, 0.2) is 11.6 Å². The van der Waals surface area contributed by atoms with Crippen LogP contribution in [-0.4, -0.2) is 48.9 Å². The topological polar surface area (TPSA) is 104 Å². The second kappa shape index (κ2) is 8.10. The summed E-state index contributed by atoms with van der Waals surface area (Å²) in [6.45, 7) is 6.42. The lowest BCUT2D eigenvalue weighted by molar-refractivity contribution is 0.445. The first kappa shape index (κ1) is 19.4. The van der Waals surface area contributed by atoms with Crippen LogP contribution < -0.4 is 16.0 Å². The number of benzene rings is 1. The number of hydrogen-bond donors (Lipinski definition) is 2. The number of nitrogen functional groups attached to an aromatic ring is 1. The SMILES string of the molecule is CCN(CC)S(=O)(=O)c1ccc(Nc2ncnc(N3CCCC3)c2N)cc1. The van der Waals surface area contributed by atoms with E-state index in [1.54, 1.807) is 24.3 Å². The van der Waals surface area contributed by atoms with Gasteiger partial charge in [0.25, 0.3) is 0 Å². The lowest BCUT2D eigenvalue weighted by Gasteiger charge is -2.20. The van der Waals surface area contributed by atoms with Crippen LogP contribution >= 0.6 is 0 Å². The second-order valence-corrected chi connectivity index (χ2v) is 8.33. The maximum atomic E-state index is 12.6. The van der Waals surface area contributed by atoms with Crippen molar-refractivity contribution in [2.45, 2.75) is 31.6 Å². The van der Waals surface area contributed by atoms with Crippen LogP contribution in [0, 0.1) is 0 Å². The van der Waals surface area contributed by atoms with Crippen LogP contribution in [0.1, 0.15) is 26.7 Å².